The van der Waals surface area contributed by atoms with Crippen molar-refractivity contribution in [3.8, 4) is 5.75 Å². The summed E-state index contributed by atoms with van der Waals surface area (Å²) in [5.74, 6) is 6.10. The summed E-state index contributed by atoms with van der Waals surface area (Å²) in [7, 11) is 1.62. The number of rotatable bonds is 6. The van der Waals surface area contributed by atoms with Crippen molar-refractivity contribution in [2.45, 2.75) is 32.0 Å². The van der Waals surface area contributed by atoms with E-state index < -0.39 is 11.6 Å². The molecule has 1 aliphatic heterocycles. The summed E-state index contributed by atoms with van der Waals surface area (Å²) >= 11 is 0. The first kappa shape index (κ1) is 16.3. The Bertz CT molecular complexity index is 548. The van der Waals surface area contributed by atoms with E-state index in [1.807, 2.05) is 38.1 Å². The molecule has 1 saturated heterocycles. The third kappa shape index (κ3) is 3.05. The number of ether oxygens (including phenoxy) is 2. The summed E-state index contributed by atoms with van der Waals surface area (Å²) in [4.78, 5) is 24.0. The van der Waals surface area contributed by atoms with Gasteiger partial charge in [-0.3, -0.25) is 4.79 Å². The van der Waals surface area contributed by atoms with Crippen molar-refractivity contribution >= 4 is 12.4 Å². The van der Waals surface area contributed by atoms with Gasteiger partial charge in [0.1, 0.15) is 5.75 Å². The van der Waals surface area contributed by atoms with Crippen LogP contribution in [0.4, 0.5) is 4.79 Å². The molecule has 0 radical (unpaired) electrons. The number of amides is 3. The largest absolute Gasteiger partial charge is 0.497 e. The van der Waals surface area contributed by atoms with Gasteiger partial charge in [-0.15, -0.1) is 0 Å². The van der Waals surface area contributed by atoms with Gasteiger partial charge in [0.2, 0.25) is 6.41 Å². The molecule has 0 bridgehead atoms. The van der Waals surface area contributed by atoms with E-state index in [0.717, 1.165) is 11.3 Å². The highest BCUT2D eigenvalue weighted by Crippen LogP contribution is 2.41. The predicted molar refractivity (Wildman–Crippen MR) is 79.8 cm³/mol. The summed E-state index contributed by atoms with van der Waals surface area (Å²) in [6.45, 7) is 4.61. The van der Waals surface area contributed by atoms with Gasteiger partial charge in [-0.05, 0) is 31.5 Å². The lowest BCUT2D eigenvalue weighted by Gasteiger charge is -2.15. The molecule has 1 aliphatic rings. The number of imide groups is 1. The number of benzene rings is 1. The zero-order valence-electron chi connectivity index (χ0n) is 13.0. The smallest absolute Gasteiger partial charge is 0.342 e. The number of carbonyl (C=O) groups excluding carboxylic acids is 2. The van der Waals surface area contributed by atoms with Crippen LogP contribution in [0.5, 0.6) is 5.75 Å². The van der Waals surface area contributed by atoms with Crippen molar-refractivity contribution in [3.05, 3.63) is 29.8 Å². The molecule has 0 aliphatic carbocycles. The molecule has 0 aromatic heterocycles. The van der Waals surface area contributed by atoms with Crippen LogP contribution in [0.3, 0.4) is 0 Å². The minimum atomic E-state index is -0.516. The zero-order chi connectivity index (χ0) is 16.3. The van der Waals surface area contributed by atoms with Crippen LogP contribution in [-0.2, 0) is 16.1 Å². The Morgan fingerprint density at radius 2 is 2.09 bits per heavy atom. The minimum absolute atomic E-state index is 0.0260. The Morgan fingerprint density at radius 3 is 2.64 bits per heavy atom. The van der Waals surface area contributed by atoms with Gasteiger partial charge in [0.05, 0.1) is 31.9 Å². The van der Waals surface area contributed by atoms with E-state index in [4.69, 9.17) is 15.3 Å². The van der Waals surface area contributed by atoms with E-state index in [0.29, 0.717) is 24.6 Å². The third-order valence-electron chi connectivity index (χ3n) is 4.13. The average molecular weight is 307 g/mol. The monoisotopic (exact) mass is 307 g/mol. The molecule has 2 rings (SSSR count). The Morgan fingerprint density at radius 1 is 1.45 bits per heavy atom. The predicted octanol–water partition coefficient (Wildman–Crippen LogP) is 1.13. The number of carbonyl (C=O) groups is 2. The van der Waals surface area contributed by atoms with Crippen molar-refractivity contribution in [2.24, 2.45) is 5.84 Å². The molecule has 1 fully saturated rings. The molecule has 3 amide bonds. The zero-order valence-corrected chi connectivity index (χ0v) is 13.0. The lowest BCUT2D eigenvalue weighted by atomic mass is 10.1. The first-order valence-corrected chi connectivity index (χ1v) is 6.97. The van der Waals surface area contributed by atoms with Crippen LogP contribution in [0.2, 0.25) is 0 Å². The van der Waals surface area contributed by atoms with Crippen molar-refractivity contribution in [2.75, 3.05) is 13.7 Å². The fraction of sp³-hybridized carbons (Fsp3) is 0.467. The Labute approximate surface area is 129 Å². The van der Waals surface area contributed by atoms with Crippen LogP contribution < -0.4 is 10.6 Å². The molecule has 2 atom stereocenters. The Balaban J connectivity index is 1.86. The van der Waals surface area contributed by atoms with Crippen molar-refractivity contribution < 1.29 is 19.1 Å². The maximum absolute atomic E-state index is 11.9. The number of urea groups is 1. The number of nitrogens with two attached hydrogens (primary N) is 1. The van der Waals surface area contributed by atoms with Crippen LogP contribution in [0, 0.1) is 0 Å². The quantitative estimate of drug-likeness (QED) is 0.280. The van der Waals surface area contributed by atoms with E-state index >= 15 is 0 Å². The third-order valence-corrected chi connectivity index (χ3v) is 4.13. The lowest BCUT2D eigenvalue weighted by molar-refractivity contribution is -0.116. The first-order valence-electron chi connectivity index (χ1n) is 6.97. The van der Waals surface area contributed by atoms with E-state index in [1.54, 1.807) is 7.11 Å². The van der Waals surface area contributed by atoms with Crippen LogP contribution in [0.15, 0.2) is 24.3 Å². The van der Waals surface area contributed by atoms with Crippen molar-refractivity contribution in [1.82, 2.24) is 9.91 Å². The van der Waals surface area contributed by atoms with Gasteiger partial charge in [-0.2, -0.15) is 5.01 Å². The van der Waals surface area contributed by atoms with Gasteiger partial charge >= 0.3 is 6.03 Å². The molecule has 7 heteroatoms. The Hall–Kier alpha value is -2.12. The minimum Gasteiger partial charge on any atom is -0.497 e. The molecule has 120 valence electrons. The number of hydrogen-bond donors (Lipinski definition) is 1. The summed E-state index contributed by atoms with van der Waals surface area (Å²) in [5.41, 5.74) is 0.577. The number of nitrogens with zero attached hydrogens (tertiary/aromatic N) is 2. The van der Waals surface area contributed by atoms with Crippen LogP contribution in [-0.4, -0.2) is 47.6 Å². The van der Waals surface area contributed by atoms with Crippen LogP contribution in [0.25, 0.3) is 0 Å². The number of hydrogen-bond acceptors (Lipinski definition) is 5. The first-order chi connectivity index (χ1) is 10.4. The summed E-state index contributed by atoms with van der Waals surface area (Å²) < 4.78 is 10.8. The molecule has 1 aromatic rings. The van der Waals surface area contributed by atoms with E-state index in [2.05, 4.69) is 0 Å². The summed E-state index contributed by atoms with van der Waals surface area (Å²) in [6, 6.07) is 7.04. The average Bonchev–Trinajstić information content (AvgIpc) is 3.07. The fourth-order valence-corrected chi connectivity index (χ4v) is 2.45. The molecule has 0 spiro atoms. The van der Waals surface area contributed by atoms with Gasteiger partial charge in [0, 0.05) is 0 Å². The topological polar surface area (TPSA) is 84.9 Å². The maximum atomic E-state index is 11.9. The molecule has 1 aromatic carbocycles. The standard InChI is InChI=1S/C15H21N3O4/c1-11-15(2,18(11)14(20)17(16)10-19)9-22-8-12-4-6-13(21-3)7-5-12/h4-7,10-11H,8-9,16H2,1-3H3. The van der Waals surface area contributed by atoms with E-state index in [9.17, 15) is 9.59 Å². The molecule has 2 N–H and O–H groups in total. The number of hydrazine groups is 1. The molecule has 2 unspecified atom stereocenters. The second kappa shape index (κ2) is 6.33. The van der Waals surface area contributed by atoms with Gasteiger partial charge in [0.25, 0.3) is 0 Å². The highest BCUT2D eigenvalue weighted by molar-refractivity contribution is 5.87. The highest BCUT2D eigenvalue weighted by Gasteiger charge is 2.60. The molecular weight excluding hydrogens is 286 g/mol. The van der Waals surface area contributed by atoms with Crippen molar-refractivity contribution in [3.63, 3.8) is 0 Å². The molecule has 1 heterocycles. The molecule has 0 saturated carbocycles. The lowest BCUT2D eigenvalue weighted by Crippen LogP contribution is -2.42. The molecular formula is C15H21N3O4. The van der Waals surface area contributed by atoms with Crippen LogP contribution >= 0.6 is 0 Å². The van der Waals surface area contributed by atoms with E-state index in [1.165, 1.54) is 4.90 Å². The molecule has 7 nitrogen and oxygen atoms in total. The van der Waals surface area contributed by atoms with Gasteiger partial charge in [-0.1, -0.05) is 12.1 Å². The summed E-state index contributed by atoms with van der Waals surface area (Å²) in [6.07, 6.45) is 0.298. The van der Waals surface area contributed by atoms with Gasteiger partial charge in [0.15, 0.2) is 0 Å². The molecule has 22 heavy (non-hydrogen) atoms. The van der Waals surface area contributed by atoms with E-state index in [-0.39, 0.29) is 6.04 Å². The second-order valence-corrected chi connectivity index (χ2v) is 5.54. The second-order valence-electron chi connectivity index (χ2n) is 5.54. The number of methoxy groups -OCH3 is 1. The van der Waals surface area contributed by atoms with Crippen molar-refractivity contribution in [1.29, 1.82) is 0 Å². The highest BCUT2D eigenvalue weighted by atomic mass is 16.5. The van der Waals surface area contributed by atoms with Crippen LogP contribution in [0.1, 0.15) is 19.4 Å². The maximum Gasteiger partial charge on any atom is 0.342 e. The SMILES string of the molecule is COc1ccc(COCC2(C)C(C)N2C(=O)N(N)C=O)cc1. The Kier molecular flexibility index (Phi) is 4.68. The fourth-order valence-electron chi connectivity index (χ4n) is 2.45. The van der Waals surface area contributed by atoms with Gasteiger partial charge < -0.3 is 14.4 Å². The van der Waals surface area contributed by atoms with Gasteiger partial charge in [-0.25, -0.2) is 10.6 Å². The summed E-state index contributed by atoms with van der Waals surface area (Å²) in [5, 5.41) is 0.547. The normalized spacial score (nSPS) is 23.1.